The topological polar surface area (TPSA) is 93.9 Å². The van der Waals surface area contributed by atoms with Crippen LogP contribution in [0, 0.1) is 0 Å². The minimum atomic E-state index is -0.306. The second-order valence-corrected chi connectivity index (χ2v) is 4.24. The molecule has 2 amide bonds. The van der Waals surface area contributed by atoms with Crippen LogP contribution in [0.5, 0.6) is 0 Å². The number of nitrogens with one attached hydrogen (secondary N) is 1. The largest absolute Gasteiger partial charge is 0.385 e. The second-order valence-electron chi connectivity index (χ2n) is 4.24. The van der Waals surface area contributed by atoms with E-state index in [2.05, 4.69) is 5.32 Å². The summed E-state index contributed by atoms with van der Waals surface area (Å²) in [5.74, 6) is -0.349. The molecule has 0 saturated carbocycles. The van der Waals surface area contributed by atoms with Crippen LogP contribution in [0.1, 0.15) is 12.8 Å². The zero-order valence-corrected chi connectivity index (χ0v) is 12.0. The molecule has 0 aliphatic rings. The van der Waals surface area contributed by atoms with Crippen LogP contribution in [0.3, 0.4) is 0 Å². The van der Waals surface area contributed by atoms with Crippen molar-refractivity contribution in [2.75, 3.05) is 47.5 Å². The normalized spacial score (nSPS) is 12.0. The molecule has 0 heterocycles. The Morgan fingerprint density at radius 2 is 2.05 bits per heavy atom. The highest BCUT2D eigenvalue weighted by Gasteiger charge is 2.17. The number of methoxy groups -OCH3 is 2. The van der Waals surface area contributed by atoms with Crippen molar-refractivity contribution in [3.63, 3.8) is 0 Å². The molecule has 0 spiro atoms. The fraction of sp³-hybridized carbons (Fsp3) is 0.833. The lowest BCUT2D eigenvalue weighted by Crippen LogP contribution is -2.40. The van der Waals surface area contributed by atoms with E-state index in [-0.39, 0.29) is 37.4 Å². The SMILES string of the molecule is COCCCNC(=O)CN(C)C(=O)CC(CN)OC. The van der Waals surface area contributed by atoms with Crippen LogP contribution in [-0.4, -0.2) is 70.3 Å². The average Bonchev–Trinajstić information content (AvgIpc) is 2.40. The van der Waals surface area contributed by atoms with E-state index < -0.39 is 0 Å². The highest BCUT2D eigenvalue weighted by atomic mass is 16.5. The van der Waals surface area contributed by atoms with Crippen molar-refractivity contribution in [1.82, 2.24) is 10.2 Å². The molecule has 0 fully saturated rings. The Morgan fingerprint density at radius 1 is 1.37 bits per heavy atom. The number of likely N-dealkylation sites (N-methyl/N-ethyl adjacent to an activating group) is 1. The minimum Gasteiger partial charge on any atom is -0.385 e. The fourth-order valence-electron chi connectivity index (χ4n) is 1.42. The third-order valence-electron chi connectivity index (χ3n) is 2.65. The molecule has 0 saturated heterocycles. The molecule has 7 heteroatoms. The third-order valence-corrected chi connectivity index (χ3v) is 2.65. The lowest BCUT2D eigenvalue weighted by Gasteiger charge is -2.19. The Bertz CT molecular complexity index is 270. The highest BCUT2D eigenvalue weighted by molar-refractivity contribution is 5.84. The molecule has 1 atom stereocenters. The number of nitrogens with two attached hydrogens (primary N) is 1. The zero-order valence-electron chi connectivity index (χ0n) is 12.0. The van der Waals surface area contributed by atoms with Crippen LogP contribution in [0.25, 0.3) is 0 Å². The lowest BCUT2D eigenvalue weighted by atomic mass is 10.2. The molecule has 0 aliphatic carbocycles. The number of rotatable bonds is 10. The van der Waals surface area contributed by atoms with E-state index in [1.807, 2.05) is 0 Å². The van der Waals surface area contributed by atoms with Crippen LogP contribution in [0.2, 0.25) is 0 Å². The van der Waals surface area contributed by atoms with Gasteiger partial charge in [-0.05, 0) is 6.42 Å². The molecule has 112 valence electrons. The van der Waals surface area contributed by atoms with Gasteiger partial charge in [0.05, 0.1) is 19.1 Å². The summed E-state index contributed by atoms with van der Waals surface area (Å²) in [4.78, 5) is 24.7. The highest BCUT2D eigenvalue weighted by Crippen LogP contribution is 1.99. The number of carbonyl (C=O) groups is 2. The molecule has 0 aromatic carbocycles. The summed E-state index contributed by atoms with van der Waals surface area (Å²) in [7, 11) is 4.70. The molecule has 0 bridgehead atoms. The third kappa shape index (κ3) is 8.52. The van der Waals surface area contributed by atoms with E-state index >= 15 is 0 Å². The van der Waals surface area contributed by atoms with E-state index in [9.17, 15) is 9.59 Å². The van der Waals surface area contributed by atoms with Crippen molar-refractivity contribution < 1.29 is 19.1 Å². The summed E-state index contributed by atoms with van der Waals surface area (Å²) in [6.07, 6.45) is 0.624. The van der Waals surface area contributed by atoms with Gasteiger partial charge in [0.1, 0.15) is 0 Å². The summed E-state index contributed by atoms with van der Waals surface area (Å²) >= 11 is 0. The zero-order chi connectivity index (χ0) is 14.7. The van der Waals surface area contributed by atoms with E-state index in [1.165, 1.54) is 12.0 Å². The van der Waals surface area contributed by atoms with Crippen LogP contribution in [0.15, 0.2) is 0 Å². The van der Waals surface area contributed by atoms with Crippen molar-refractivity contribution in [2.45, 2.75) is 18.9 Å². The summed E-state index contributed by atoms with van der Waals surface area (Å²) in [5.41, 5.74) is 5.44. The van der Waals surface area contributed by atoms with Crippen LogP contribution >= 0.6 is 0 Å². The standard InChI is InChI=1S/C12H25N3O4/c1-15(12(17)7-10(8-13)19-3)9-11(16)14-5-4-6-18-2/h10H,4-9,13H2,1-3H3,(H,14,16). The number of ether oxygens (including phenoxy) is 2. The number of amides is 2. The number of hydrogen-bond acceptors (Lipinski definition) is 5. The predicted molar refractivity (Wildman–Crippen MR) is 71.6 cm³/mol. The minimum absolute atomic E-state index is 0.0345. The Hall–Kier alpha value is -1.18. The Kier molecular flexibility index (Phi) is 10.1. The van der Waals surface area contributed by atoms with E-state index in [4.69, 9.17) is 15.2 Å². The van der Waals surface area contributed by atoms with Gasteiger partial charge in [-0.2, -0.15) is 0 Å². The van der Waals surface area contributed by atoms with Crippen LogP contribution < -0.4 is 11.1 Å². The molecule has 0 aromatic heterocycles. The first-order valence-electron chi connectivity index (χ1n) is 6.27. The van der Waals surface area contributed by atoms with Gasteiger partial charge in [0.25, 0.3) is 0 Å². The van der Waals surface area contributed by atoms with Gasteiger partial charge in [-0.25, -0.2) is 0 Å². The van der Waals surface area contributed by atoms with E-state index in [0.29, 0.717) is 13.2 Å². The smallest absolute Gasteiger partial charge is 0.239 e. The Morgan fingerprint density at radius 3 is 2.58 bits per heavy atom. The van der Waals surface area contributed by atoms with Gasteiger partial charge in [0.2, 0.25) is 11.8 Å². The van der Waals surface area contributed by atoms with Crippen molar-refractivity contribution in [1.29, 1.82) is 0 Å². The van der Waals surface area contributed by atoms with Gasteiger partial charge in [-0.15, -0.1) is 0 Å². The fourth-order valence-corrected chi connectivity index (χ4v) is 1.42. The number of nitrogens with zero attached hydrogens (tertiary/aromatic N) is 1. The van der Waals surface area contributed by atoms with E-state index in [0.717, 1.165) is 6.42 Å². The first kappa shape index (κ1) is 17.8. The van der Waals surface area contributed by atoms with Crippen molar-refractivity contribution in [2.24, 2.45) is 5.73 Å². The monoisotopic (exact) mass is 275 g/mol. The molecule has 3 N–H and O–H groups in total. The van der Waals surface area contributed by atoms with Crippen LogP contribution in [-0.2, 0) is 19.1 Å². The maximum atomic E-state index is 11.8. The quantitative estimate of drug-likeness (QED) is 0.497. The molecule has 0 radical (unpaired) electrons. The van der Waals surface area contributed by atoms with Gasteiger partial charge in [-0.1, -0.05) is 0 Å². The Balaban J connectivity index is 3.90. The maximum Gasteiger partial charge on any atom is 0.239 e. The molecule has 0 aliphatic heterocycles. The van der Waals surface area contributed by atoms with Crippen LogP contribution in [0.4, 0.5) is 0 Å². The summed E-state index contributed by atoms with van der Waals surface area (Å²) < 4.78 is 9.90. The van der Waals surface area contributed by atoms with Gasteiger partial charge < -0.3 is 25.4 Å². The molecular formula is C12H25N3O4. The Labute approximate surface area is 114 Å². The maximum absolute atomic E-state index is 11.8. The molecular weight excluding hydrogens is 250 g/mol. The summed E-state index contributed by atoms with van der Waals surface area (Å²) in [6, 6.07) is 0. The average molecular weight is 275 g/mol. The van der Waals surface area contributed by atoms with Gasteiger partial charge >= 0.3 is 0 Å². The lowest BCUT2D eigenvalue weighted by molar-refractivity contribution is -0.136. The number of carbonyl (C=O) groups excluding carboxylic acids is 2. The molecule has 7 nitrogen and oxygen atoms in total. The van der Waals surface area contributed by atoms with Crippen molar-refractivity contribution in [3.05, 3.63) is 0 Å². The summed E-state index contributed by atoms with van der Waals surface area (Å²) in [5, 5.41) is 2.72. The van der Waals surface area contributed by atoms with Gasteiger partial charge in [0, 0.05) is 41.0 Å². The molecule has 0 rings (SSSR count). The molecule has 1 unspecified atom stereocenters. The summed E-state index contributed by atoms with van der Waals surface area (Å²) in [6.45, 7) is 1.45. The van der Waals surface area contributed by atoms with Crippen molar-refractivity contribution >= 4 is 11.8 Å². The van der Waals surface area contributed by atoms with E-state index in [1.54, 1.807) is 14.2 Å². The first-order valence-corrected chi connectivity index (χ1v) is 6.27. The van der Waals surface area contributed by atoms with Gasteiger partial charge in [-0.3, -0.25) is 9.59 Å². The predicted octanol–water partition coefficient (Wildman–Crippen LogP) is -1.04. The second kappa shape index (κ2) is 10.7. The number of hydrogen-bond donors (Lipinski definition) is 2. The molecule has 0 aromatic rings. The molecule has 19 heavy (non-hydrogen) atoms. The first-order chi connectivity index (χ1) is 9.04. The van der Waals surface area contributed by atoms with Gasteiger partial charge in [0.15, 0.2) is 0 Å². The van der Waals surface area contributed by atoms with Crippen molar-refractivity contribution in [3.8, 4) is 0 Å².